The van der Waals surface area contributed by atoms with Gasteiger partial charge in [0, 0.05) is 20.0 Å². The third kappa shape index (κ3) is 1.99. The number of hydrogen-bond donors (Lipinski definition) is 0. The summed E-state index contributed by atoms with van der Waals surface area (Å²) in [5.74, 6) is 0. The van der Waals surface area contributed by atoms with Crippen molar-refractivity contribution in [1.29, 1.82) is 0 Å². The van der Waals surface area contributed by atoms with Gasteiger partial charge < -0.3 is 9.22 Å². The minimum Gasteiger partial charge on any atom is -0.379 e. The van der Waals surface area contributed by atoms with Crippen LogP contribution in [0.5, 0.6) is 0 Å². The van der Waals surface area contributed by atoms with Crippen LogP contribution in [-0.2, 0) is 4.74 Å². The highest BCUT2D eigenvalue weighted by Crippen LogP contribution is 2.26. The molecule has 0 aliphatic carbocycles. The molecule has 72 valence electrons. The standard InChI is InChI=1S/C10H22NO/c1-4-10-6-5-7-11(10,2)8-9-12-3/h10H,4-9H2,1-3H3/q+1/t10-,11?/m0/s1. The molecule has 0 radical (unpaired) electrons. The van der Waals surface area contributed by atoms with Crippen LogP contribution < -0.4 is 0 Å². The fourth-order valence-corrected chi connectivity index (χ4v) is 2.42. The maximum absolute atomic E-state index is 5.15. The molecular weight excluding hydrogens is 150 g/mol. The summed E-state index contributed by atoms with van der Waals surface area (Å²) in [6.07, 6.45) is 4.13. The Balaban J connectivity index is 2.43. The van der Waals surface area contributed by atoms with Gasteiger partial charge in [-0.15, -0.1) is 0 Å². The van der Waals surface area contributed by atoms with E-state index in [1.807, 2.05) is 0 Å². The van der Waals surface area contributed by atoms with Crippen LogP contribution in [0.1, 0.15) is 26.2 Å². The molecule has 0 aromatic heterocycles. The second-order valence-electron chi connectivity index (χ2n) is 4.12. The lowest BCUT2D eigenvalue weighted by atomic mass is 10.1. The average Bonchev–Trinajstić information content (AvgIpc) is 2.44. The lowest BCUT2D eigenvalue weighted by Gasteiger charge is -2.35. The highest BCUT2D eigenvalue weighted by atomic mass is 16.5. The Morgan fingerprint density at radius 2 is 2.25 bits per heavy atom. The first-order valence-corrected chi connectivity index (χ1v) is 5.06. The summed E-state index contributed by atoms with van der Waals surface area (Å²) in [5.41, 5.74) is 0. The molecule has 0 spiro atoms. The number of hydrogen-bond acceptors (Lipinski definition) is 1. The van der Waals surface area contributed by atoms with E-state index in [1.165, 1.54) is 36.8 Å². The summed E-state index contributed by atoms with van der Waals surface area (Å²) in [6.45, 7) is 5.75. The third-order valence-electron chi connectivity index (χ3n) is 3.37. The van der Waals surface area contributed by atoms with Crippen molar-refractivity contribution in [3.63, 3.8) is 0 Å². The summed E-state index contributed by atoms with van der Waals surface area (Å²) in [6, 6.07) is 0.889. The first-order valence-electron chi connectivity index (χ1n) is 5.06. The number of quaternary nitrogens is 1. The quantitative estimate of drug-likeness (QED) is 0.586. The Morgan fingerprint density at radius 3 is 2.83 bits per heavy atom. The van der Waals surface area contributed by atoms with Crippen molar-refractivity contribution < 1.29 is 9.22 Å². The Kier molecular flexibility index (Phi) is 3.53. The van der Waals surface area contributed by atoms with Crippen LogP contribution >= 0.6 is 0 Å². The van der Waals surface area contributed by atoms with Gasteiger partial charge in [-0.25, -0.2) is 0 Å². The monoisotopic (exact) mass is 172 g/mol. The van der Waals surface area contributed by atoms with Crippen LogP contribution in [0.3, 0.4) is 0 Å². The Morgan fingerprint density at radius 1 is 1.50 bits per heavy atom. The Labute approximate surface area is 76.1 Å². The van der Waals surface area contributed by atoms with Crippen molar-refractivity contribution in [1.82, 2.24) is 0 Å². The van der Waals surface area contributed by atoms with Gasteiger partial charge >= 0.3 is 0 Å². The number of methoxy groups -OCH3 is 1. The number of ether oxygens (including phenoxy) is 1. The summed E-state index contributed by atoms with van der Waals surface area (Å²) in [5, 5.41) is 0. The van der Waals surface area contributed by atoms with Crippen molar-refractivity contribution in [3.8, 4) is 0 Å². The first kappa shape index (κ1) is 10.0. The van der Waals surface area contributed by atoms with Gasteiger partial charge in [-0.05, 0) is 6.42 Å². The number of nitrogens with zero attached hydrogens (tertiary/aromatic N) is 1. The fourth-order valence-electron chi connectivity index (χ4n) is 2.42. The molecule has 0 N–H and O–H groups in total. The van der Waals surface area contributed by atoms with Gasteiger partial charge in [0.1, 0.15) is 6.54 Å². The molecule has 1 rings (SSSR count). The summed E-state index contributed by atoms with van der Waals surface area (Å²) in [4.78, 5) is 0. The normalized spacial score (nSPS) is 35.8. The van der Waals surface area contributed by atoms with Gasteiger partial charge in [-0.1, -0.05) is 6.92 Å². The molecule has 1 aliphatic heterocycles. The van der Waals surface area contributed by atoms with E-state index < -0.39 is 0 Å². The van der Waals surface area contributed by atoms with Crippen LogP contribution in [0, 0.1) is 0 Å². The van der Waals surface area contributed by atoms with Crippen LogP contribution in [0.4, 0.5) is 0 Å². The van der Waals surface area contributed by atoms with Crippen molar-refractivity contribution in [2.45, 2.75) is 32.2 Å². The van der Waals surface area contributed by atoms with Gasteiger partial charge in [-0.2, -0.15) is 0 Å². The van der Waals surface area contributed by atoms with E-state index >= 15 is 0 Å². The summed E-state index contributed by atoms with van der Waals surface area (Å²) < 4.78 is 6.39. The van der Waals surface area contributed by atoms with E-state index in [-0.39, 0.29) is 0 Å². The number of likely N-dealkylation sites (tertiary alicyclic amines) is 1. The second kappa shape index (κ2) is 4.24. The molecule has 0 amide bonds. The van der Waals surface area contributed by atoms with Gasteiger partial charge in [-0.3, -0.25) is 0 Å². The fraction of sp³-hybridized carbons (Fsp3) is 1.00. The number of likely N-dealkylation sites (N-methyl/N-ethyl adjacent to an activating group) is 1. The first-order chi connectivity index (χ1) is 5.73. The van der Waals surface area contributed by atoms with Gasteiger partial charge in [0.25, 0.3) is 0 Å². The number of rotatable bonds is 4. The molecule has 12 heavy (non-hydrogen) atoms. The van der Waals surface area contributed by atoms with Crippen molar-refractivity contribution in [2.24, 2.45) is 0 Å². The smallest absolute Gasteiger partial charge is 0.102 e. The molecule has 1 heterocycles. The molecule has 1 aliphatic rings. The summed E-state index contributed by atoms with van der Waals surface area (Å²) >= 11 is 0. The molecule has 1 fully saturated rings. The molecule has 0 aromatic rings. The van der Waals surface area contributed by atoms with E-state index in [1.54, 1.807) is 7.11 Å². The zero-order valence-corrected chi connectivity index (χ0v) is 8.68. The lowest BCUT2D eigenvalue weighted by Crippen LogP contribution is -2.49. The molecule has 2 nitrogen and oxygen atoms in total. The average molecular weight is 172 g/mol. The second-order valence-corrected chi connectivity index (χ2v) is 4.12. The van der Waals surface area contributed by atoms with Crippen LogP contribution in [0.2, 0.25) is 0 Å². The van der Waals surface area contributed by atoms with Crippen LogP contribution in [0.15, 0.2) is 0 Å². The van der Waals surface area contributed by atoms with Gasteiger partial charge in [0.15, 0.2) is 0 Å². The van der Waals surface area contributed by atoms with E-state index in [0.29, 0.717) is 0 Å². The molecular formula is C10H22NO+. The zero-order chi connectivity index (χ0) is 9.03. The topological polar surface area (TPSA) is 9.23 Å². The largest absolute Gasteiger partial charge is 0.379 e. The van der Waals surface area contributed by atoms with Gasteiger partial charge in [0.2, 0.25) is 0 Å². The third-order valence-corrected chi connectivity index (χ3v) is 3.37. The van der Waals surface area contributed by atoms with E-state index in [9.17, 15) is 0 Å². The predicted octanol–water partition coefficient (Wildman–Crippen LogP) is 1.65. The highest BCUT2D eigenvalue weighted by Gasteiger charge is 2.35. The maximum atomic E-state index is 5.15. The summed E-state index contributed by atoms with van der Waals surface area (Å²) in [7, 11) is 4.17. The van der Waals surface area contributed by atoms with Crippen LogP contribution in [0.25, 0.3) is 0 Å². The highest BCUT2D eigenvalue weighted by molar-refractivity contribution is 4.65. The Bertz CT molecular complexity index is 138. The molecule has 0 bridgehead atoms. The van der Waals surface area contributed by atoms with Crippen LogP contribution in [-0.4, -0.2) is 44.4 Å². The van der Waals surface area contributed by atoms with Crippen molar-refractivity contribution >= 4 is 0 Å². The van der Waals surface area contributed by atoms with E-state index in [2.05, 4.69) is 14.0 Å². The zero-order valence-electron chi connectivity index (χ0n) is 8.68. The predicted molar refractivity (Wildman–Crippen MR) is 51.1 cm³/mol. The minimum atomic E-state index is 0.889. The van der Waals surface area contributed by atoms with Crippen molar-refractivity contribution in [2.75, 3.05) is 33.9 Å². The molecule has 1 unspecified atom stereocenters. The molecule has 2 heteroatoms. The molecule has 1 saturated heterocycles. The molecule has 0 aromatic carbocycles. The van der Waals surface area contributed by atoms with Gasteiger partial charge in [0.05, 0.1) is 26.2 Å². The van der Waals surface area contributed by atoms with Crippen molar-refractivity contribution in [3.05, 3.63) is 0 Å². The SMILES string of the molecule is CC[C@H]1CCC[N+]1(C)CCOC. The maximum Gasteiger partial charge on any atom is 0.102 e. The van der Waals surface area contributed by atoms with E-state index in [0.717, 1.165) is 12.6 Å². The Hall–Kier alpha value is -0.0800. The minimum absolute atomic E-state index is 0.889. The lowest BCUT2D eigenvalue weighted by molar-refractivity contribution is -0.921. The molecule has 0 saturated carbocycles. The van der Waals surface area contributed by atoms with E-state index in [4.69, 9.17) is 4.74 Å². The molecule has 2 atom stereocenters.